The van der Waals surface area contributed by atoms with Gasteiger partial charge in [0, 0.05) is 32.4 Å². The number of hydrogen-bond donors (Lipinski definition) is 0. The zero-order chi connectivity index (χ0) is 18.8. The molecule has 5 nitrogen and oxygen atoms in total. The van der Waals surface area contributed by atoms with Crippen molar-refractivity contribution < 1.29 is 17.9 Å². The van der Waals surface area contributed by atoms with Crippen LogP contribution in [-0.4, -0.2) is 46.1 Å². The Morgan fingerprint density at radius 2 is 1.71 bits per heavy atom. The van der Waals surface area contributed by atoms with Gasteiger partial charge in [-0.15, -0.1) is 0 Å². The standard InChI is InChI=1S/C13H18BrNO4S.2C2H6/c1-15(10-5-7-19-8-6-10)20(16,17)11-3-4-12(14)13(9-11)18-2;2*1-2/h3-4,9-10H,5-8H2,1-2H3;2*1-2H3. The Hall–Kier alpha value is -0.630. The minimum absolute atomic E-state index is 0.0107. The smallest absolute Gasteiger partial charge is 0.243 e. The fraction of sp³-hybridized carbons (Fsp3) is 0.647. The summed E-state index contributed by atoms with van der Waals surface area (Å²) in [6.45, 7) is 9.21. The highest BCUT2D eigenvalue weighted by molar-refractivity contribution is 9.10. The highest BCUT2D eigenvalue weighted by Gasteiger charge is 2.29. The van der Waals surface area contributed by atoms with Gasteiger partial charge in [-0.2, -0.15) is 4.31 Å². The average molecular weight is 424 g/mol. The largest absolute Gasteiger partial charge is 0.496 e. The molecule has 24 heavy (non-hydrogen) atoms. The van der Waals surface area contributed by atoms with Crippen LogP contribution in [0.5, 0.6) is 5.75 Å². The molecule has 1 aliphatic heterocycles. The van der Waals surface area contributed by atoms with Crippen LogP contribution in [0.4, 0.5) is 0 Å². The van der Waals surface area contributed by atoms with E-state index in [0.717, 1.165) is 17.3 Å². The molecule has 0 aromatic heterocycles. The molecule has 0 saturated carbocycles. The molecule has 0 bridgehead atoms. The van der Waals surface area contributed by atoms with Gasteiger partial charge in [0.25, 0.3) is 0 Å². The van der Waals surface area contributed by atoms with Gasteiger partial charge in [0.1, 0.15) is 5.75 Å². The third-order valence-corrected chi connectivity index (χ3v) is 6.07. The van der Waals surface area contributed by atoms with Gasteiger partial charge in [-0.05, 0) is 40.9 Å². The molecule has 0 spiro atoms. The van der Waals surface area contributed by atoms with E-state index in [9.17, 15) is 8.42 Å². The molecule has 1 aromatic carbocycles. The van der Waals surface area contributed by atoms with Crippen LogP contribution in [0.3, 0.4) is 0 Å². The Morgan fingerprint density at radius 1 is 1.17 bits per heavy atom. The predicted molar refractivity (Wildman–Crippen MR) is 102 cm³/mol. The van der Waals surface area contributed by atoms with E-state index in [-0.39, 0.29) is 10.9 Å². The molecule has 0 atom stereocenters. The van der Waals surface area contributed by atoms with Gasteiger partial charge in [-0.1, -0.05) is 27.7 Å². The second kappa shape index (κ2) is 11.8. The summed E-state index contributed by atoms with van der Waals surface area (Å²) in [4.78, 5) is 0.242. The normalized spacial score (nSPS) is 15.0. The summed E-state index contributed by atoms with van der Waals surface area (Å²) in [5, 5.41) is 0. The molecule has 1 aromatic rings. The maximum Gasteiger partial charge on any atom is 0.243 e. The lowest BCUT2D eigenvalue weighted by Crippen LogP contribution is -2.40. The minimum Gasteiger partial charge on any atom is -0.496 e. The van der Waals surface area contributed by atoms with Crippen molar-refractivity contribution in [2.45, 2.75) is 51.5 Å². The third kappa shape index (κ3) is 6.02. The summed E-state index contributed by atoms with van der Waals surface area (Å²) in [6, 6.07) is 4.79. The highest BCUT2D eigenvalue weighted by Crippen LogP contribution is 2.30. The Kier molecular flexibility index (Phi) is 11.5. The topological polar surface area (TPSA) is 55.8 Å². The number of nitrogens with zero attached hydrogens (tertiary/aromatic N) is 1. The van der Waals surface area contributed by atoms with Crippen molar-refractivity contribution in [3.05, 3.63) is 22.7 Å². The first kappa shape index (κ1) is 23.4. The summed E-state index contributed by atoms with van der Waals surface area (Å²) in [5.41, 5.74) is 0. The summed E-state index contributed by atoms with van der Waals surface area (Å²) in [5.74, 6) is 0.506. The molecule has 2 rings (SSSR count). The van der Waals surface area contributed by atoms with Crippen molar-refractivity contribution in [2.24, 2.45) is 0 Å². The van der Waals surface area contributed by atoms with E-state index in [1.165, 1.54) is 17.5 Å². The number of rotatable bonds is 4. The van der Waals surface area contributed by atoms with Gasteiger partial charge in [0.2, 0.25) is 10.0 Å². The molecule has 0 aliphatic carbocycles. The SMILES string of the molecule is CC.CC.COc1cc(S(=O)(=O)N(C)C2CCOCC2)ccc1Br. The van der Waals surface area contributed by atoms with Crippen molar-refractivity contribution in [1.82, 2.24) is 4.31 Å². The highest BCUT2D eigenvalue weighted by atomic mass is 79.9. The van der Waals surface area contributed by atoms with E-state index in [1.807, 2.05) is 27.7 Å². The van der Waals surface area contributed by atoms with Crippen LogP contribution in [0, 0.1) is 0 Å². The van der Waals surface area contributed by atoms with E-state index in [1.54, 1.807) is 19.2 Å². The average Bonchev–Trinajstić information content (AvgIpc) is 2.65. The van der Waals surface area contributed by atoms with Crippen LogP contribution >= 0.6 is 15.9 Å². The number of benzene rings is 1. The fourth-order valence-electron chi connectivity index (χ4n) is 2.21. The van der Waals surface area contributed by atoms with Crippen molar-refractivity contribution in [1.29, 1.82) is 0 Å². The first-order valence-corrected chi connectivity index (χ1v) is 10.6. The van der Waals surface area contributed by atoms with Gasteiger partial charge < -0.3 is 9.47 Å². The zero-order valence-electron chi connectivity index (χ0n) is 15.5. The lowest BCUT2D eigenvalue weighted by atomic mass is 10.1. The van der Waals surface area contributed by atoms with Gasteiger partial charge in [-0.25, -0.2) is 8.42 Å². The van der Waals surface area contributed by atoms with Gasteiger partial charge in [0.05, 0.1) is 16.5 Å². The first-order chi connectivity index (χ1) is 11.5. The Morgan fingerprint density at radius 3 is 2.21 bits per heavy atom. The molecule has 0 radical (unpaired) electrons. The Balaban J connectivity index is 0.00000123. The van der Waals surface area contributed by atoms with E-state index < -0.39 is 10.0 Å². The molecule has 0 unspecified atom stereocenters. The molecule has 1 saturated heterocycles. The number of methoxy groups -OCH3 is 1. The maximum absolute atomic E-state index is 12.6. The van der Waals surface area contributed by atoms with Crippen molar-refractivity contribution in [3.63, 3.8) is 0 Å². The maximum atomic E-state index is 12.6. The number of sulfonamides is 1. The lowest BCUT2D eigenvalue weighted by Gasteiger charge is -2.30. The predicted octanol–water partition coefficient (Wildman–Crippen LogP) is 4.31. The second-order valence-corrected chi connectivity index (χ2v) is 7.51. The molecular weight excluding hydrogens is 394 g/mol. The Labute approximate surface area is 155 Å². The molecule has 1 heterocycles. The summed E-state index contributed by atoms with van der Waals surface area (Å²) in [6.07, 6.45) is 1.45. The van der Waals surface area contributed by atoms with E-state index in [0.29, 0.717) is 19.0 Å². The number of halogens is 1. The number of ether oxygens (including phenoxy) is 2. The third-order valence-electron chi connectivity index (χ3n) is 3.50. The van der Waals surface area contributed by atoms with Crippen LogP contribution < -0.4 is 4.74 Å². The van der Waals surface area contributed by atoms with Crippen LogP contribution in [0.2, 0.25) is 0 Å². The van der Waals surface area contributed by atoms with Crippen molar-refractivity contribution in [2.75, 3.05) is 27.4 Å². The second-order valence-electron chi connectivity index (χ2n) is 4.66. The van der Waals surface area contributed by atoms with Crippen LogP contribution in [-0.2, 0) is 14.8 Å². The van der Waals surface area contributed by atoms with Gasteiger partial charge >= 0.3 is 0 Å². The zero-order valence-corrected chi connectivity index (χ0v) is 17.9. The molecule has 0 N–H and O–H groups in total. The summed E-state index contributed by atoms with van der Waals surface area (Å²) in [7, 11) is -0.374. The van der Waals surface area contributed by atoms with E-state index in [4.69, 9.17) is 9.47 Å². The van der Waals surface area contributed by atoms with E-state index in [2.05, 4.69) is 15.9 Å². The van der Waals surface area contributed by atoms with Crippen LogP contribution in [0.25, 0.3) is 0 Å². The van der Waals surface area contributed by atoms with Gasteiger partial charge in [-0.3, -0.25) is 0 Å². The molecule has 140 valence electrons. The summed E-state index contributed by atoms with van der Waals surface area (Å²) >= 11 is 3.32. The van der Waals surface area contributed by atoms with Crippen molar-refractivity contribution in [3.8, 4) is 5.75 Å². The molecule has 1 fully saturated rings. The Bertz CT molecular complexity index is 572. The molecular formula is C17H30BrNO4S. The van der Waals surface area contributed by atoms with E-state index >= 15 is 0 Å². The quantitative estimate of drug-likeness (QED) is 0.723. The monoisotopic (exact) mass is 423 g/mol. The van der Waals surface area contributed by atoms with Crippen LogP contribution in [0.15, 0.2) is 27.6 Å². The number of hydrogen-bond acceptors (Lipinski definition) is 4. The molecule has 7 heteroatoms. The lowest BCUT2D eigenvalue weighted by molar-refractivity contribution is 0.0632. The first-order valence-electron chi connectivity index (χ1n) is 8.36. The molecule has 1 aliphatic rings. The summed E-state index contributed by atoms with van der Waals surface area (Å²) < 4.78 is 37.9. The van der Waals surface area contributed by atoms with Crippen molar-refractivity contribution >= 4 is 26.0 Å². The van der Waals surface area contributed by atoms with Crippen LogP contribution in [0.1, 0.15) is 40.5 Å². The van der Waals surface area contributed by atoms with Gasteiger partial charge in [0.15, 0.2) is 0 Å². The molecule has 0 amide bonds. The fourth-order valence-corrected chi connectivity index (χ4v) is 4.05. The minimum atomic E-state index is -3.51.